The second-order valence-corrected chi connectivity index (χ2v) is 6.84. The van der Waals surface area contributed by atoms with Crippen LogP contribution in [0.1, 0.15) is 19.0 Å². The van der Waals surface area contributed by atoms with E-state index in [1.54, 1.807) is 23.9 Å². The highest BCUT2D eigenvalue weighted by atomic mass is 127. The molecule has 0 bridgehead atoms. The Hall–Kier alpha value is -1.72. The van der Waals surface area contributed by atoms with Crippen LogP contribution in [0.15, 0.2) is 41.5 Å². The number of nitrogens with zero attached hydrogens (tertiary/aromatic N) is 3. The molecule has 1 aliphatic heterocycles. The summed E-state index contributed by atoms with van der Waals surface area (Å²) in [4.78, 5) is 4.25. The minimum Gasteiger partial charge on any atom is -0.379 e. The zero-order chi connectivity index (χ0) is 19.8. The smallest absolute Gasteiger partial charge is 0.191 e. The van der Waals surface area contributed by atoms with E-state index in [1.807, 2.05) is 12.3 Å². The molecule has 1 aliphatic rings. The van der Waals surface area contributed by atoms with Gasteiger partial charge in [0.25, 0.3) is 0 Å². The van der Waals surface area contributed by atoms with Crippen molar-refractivity contribution in [1.29, 1.82) is 0 Å². The first-order valence-electron chi connectivity index (χ1n) is 9.61. The molecule has 1 fully saturated rings. The lowest BCUT2D eigenvalue weighted by atomic mass is 10.3. The summed E-state index contributed by atoms with van der Waals surface area (Å²) in [5.41, 5.74) is 1.78. The maximum absolute atomic E-state index is 13.0. The van der Waals surface area contributed by atoms with Gasteiger partial charge in [-0.1, -0.05) is 0 Å². The van der Waals surface area contributed by atoms with Gasteiger partial charge in [-0.05, 0) is 43.7 Å². The third kappa shape index (κ3) is 7.56. The van der Waals surface area contributed by atoms with Crippen LogP contribution in [0.25, 0.3) is 5.69 Å². The van der Waals surface area contributed by atoms with Crippen molar-refractivity contribution < 1.29 is 13.9 Å². The fourth-order valence-electron chi connectivity index (χ4n) is 2.94. The van der Waals surface area contributed by atoms with Crippen LogP contribution in [0, 0.1) is 5.82 Å². The van der Waals surface area contributed by atoms with Crippen LogP contribution in [-0.2, 0) is 15.9 Å². The first kappa shape index (κ1) is 23.6. The van der Waals surface area contributed by atoms with Crippen LogP contribution in [0.2, 0.25) is 0 Å². The molecular formula is C20H29FIN5O2. The number of hydrogen-bond acceptors (Lipinski definition) is 4. The molecule has 1 aromatic carbocycles. The van der Waals surface area contributed by atoms with Crippen molar-refractivity contribution in [3.63, 3.8) is 0 Å². The SMILES string of the molecule is CN=C(NCCc1ccn(-c2ccc(F)cc2)n1)NC(C)COC1CCOC1.I. The molecule has 160 valence electrons. The molecule has 0 saturated carbocycles. The van der Waals surface area contributed by atoms with Crippen molar-refractivity contribution in [1.82, 2.24) is 20.4 Å². The van der Waals surface area contributed by atoms with Crippen molar-refractivity contribution in [2.45, 2.75) is 31.9 Å². The molecule has 7 nitrogen and oxygen atoms in total. The van der Waals surface area contributed by atoms with Gasteiger partial charge in [-0.3, -0.25) is 4.99 Å². The highest BCUT2D eigenvalue weighted by molar-refractivity contribution is 14.0. The van der Waals surface area contributed by atoms with Crippen molar-refractivity contribution in [2.75, 3.05) is 33.4 Å². The van der Waals surface area contributed by atoms with Crippen LogP contribution < -0.4 is 10.6 Å². The summed E-state index contributed by atoms with van der Waals surface area (Å²) in [6, 6.07) is 8.37. The van der Waals surface area contributed by atoms with Gasteiger partial charge in [-0.15, -0.1) is 24.0 Å². The quantitative estimate of drug-likeness (QED) is 0.320. The summed E-state index contributed by atoms with van der Waals surface area (Å²) >= 11 is 0. The average Bonchev–Trinajstić information content (AvgIpc) is 3.38. The standard InChI is InChI=1S/C20H28FN5O2.HI/c1-15(13-28-19-9-12-27-14-19)24-20(22-2)23-10-7-17-8-11-26(25-17)18-5-3-16(21)4-6-18;/h3-6,8,11,15,19H,7,9-10,12-14H2,1-2H3,(H2,22,23,24);1H. The normalized spacial score (nSPS) is 17.6. The van der Waals surface area contributed by atoms with E-state index in [4.69, 9.17) is 9.47 Å². The number of halogens is 2. The molecule has 1 saturated heterocycles. The van der Waals surface area contributed by atoms with Gasteiger partial charge in [-0.25, -0.2) is 9.07 Å². The minimum absolute atomic E-state index is 0. The molecule has 2 N–H and O–H groups in total. The molecule has 2 aromatic rings. The van der Waals surface area contributed by atoms with Crippen molar-refractivity contribution >= 4 is 29.9 Å². The van der Waals surface area contributed by atoms with Gasteiger partial charge < -0.3 is 20.1 Å². The zero-order valence-corrected chi connectivity index (χ0v) is 19.1. The molecule has 0 spiro atoms. The Labute approximate surface area is 188 Å². The van der Waals surface area contributed by atoms with Crippen LogP contribution >= 0.6 is 24.0 Å². The highest BCUT2D eigenvalue weighted by Crippen LogP contribution is 2.09. The lowest BCUT2D eigenvalue weighted by Gasteiger charge is -2.19. The number of hydrogen-bond donors (Lipinski definition) is 2. The zero-order valence-electron chi connectivity index (χ0n) is 16.8. The molecule has 2 unspecified atom stereocenters. The summed E-state index contributed by atoms with van der Waals surface area (Å²) in [6.45, 7) is 4.84. The third-order valence-electron chi connectivity index (χ3n) is 4.49. The Kier molecular flexibility index (Phi) is 9.82. The van der Waals surface area contributed by atoms with E-state index in [9.17, 15) is 4.39 Å². The molecule has 0 amide bonds. The Morgan fingerprint density at radius 1 is 1.38 bits per heavy atom. The number of benzene rings is 1. The van der Waals surface area contributed by atoms with Gasteiger partial charge in [0, 0.05) is 38.9 Å². The predicted molar refractivity (Wildman–Crippen MR) is 122 cm³/mol. The lowest BCUT2D eigenvalue weighted by molar-refractivity contribution is 0.0347. The van der Waals surface area contributed by atoms with Crippen LogP contribution in [0.3, 0.4) is 0 Å². The first-order valence-corrected chi connectivity index (χ1v) is 9.61. The molecule has 2 heterocycles. The van der Waals surface area contributed by atoms with Crippen molar-refractivity contribution in [2.24, 2.45) is 4.99 Å². The van der Waals surface area contributed by atoms with Crippen LogP contribution in [0.5, 0.6) is 0 Å². The Balaban J connectivity index is 0.00000300. The summed E-state index contributed by atoms with van der Waals surface area (Å²) < 4.78 is 25.9. The van der Waals surface area contributed by atoms with Gasteiger partial charge in [0.05, 0.1) is 30.7 Å². The molecule has 29 heavy (non-hydrogen) atoms. The van der Waals surface area contributed by atoms with Gasteiger partial charge in [0.2, 0.25) is 0 Å². The van der Waals surface area contributed by atoms with E-state index in [1.165, 1.54) is 12.1 Å². The average molecular weight is 517 g/mol. The monoisotopic (exact) mass is 517 g/mol. The molecule has 0 aliphatic carbocycles. The van der Waals surface area contributed by atoms with Gasteiger partial charge in [0.15, 0.2) is 5.96 Å². The van der Waals surface area contributed by atoms with E-state index in [0.29, 0.717) is 19.8 Å². The number of ether oxygens (including phenoxy) is 2. The Morgan fingerprint density at radius 3 is 2.86 bits per heavy atom. The van der Waals surface area contributed by atoms with Crippen LogP contribution in [-0.4, -0.2) is 61.3 Å². The largest absolute Gasteiger partial charge is 0.379 e. The van der Waals surface area contributed by atoms with Crippen molar-refractivity contribution in [3.8, 4) is 5.69 Å². The summed E-state index contributed by atoms with van der Waals surface area (Å²) in [5.74, 6) is 0.479. The number of aliphatic imine (C=N–C) groups is 1. The maximum atomic E-state index is 13.0. The molecule has 0 radical (unpaired) electrons. The number of nitrogens with one attached hydrogen (secondary N) is 2. The predicted octanol–water partition coefficient (Wildman–Crippen LogP) is 2.53. The third-order valence-corrected chi connectivity index (χ3v) is 4.49. The van der Waals surface area contributed by atoms with E-state index in [-0.39, 0.29) is 41.9 Å². The highest BCUT2D eigenvalue weighted by Gasteiger charge is 2.17. The van der Waals surface area contributed by atoms with E-state index >= 15 is 0 Å². The van der Waals surface area contributed by atoms with Crippen molar-refractivity contribution in [3.05, 3.63) is 48.0 Å². The molecule has 9 heteroatoms. The van der Waals surface area contributed by atoms with Crippen LogP contribution in [0.4, 0.5) is 4.39 Å². The summed E-state index contributed by atoms with van der Waals surface area (Å²) in [5, 5.41) is 11.1. The summed E-state index contributed by atoms with van der Waals surface area (Å²) in [6.07, 6.45) is 3.79. The fraction of sp³-hybridized carbons (Fsp3) is 0.500. The van der Waals surface area contributed by atoms with Gasteiger partial charge in [0.1, 0.15) is 5.82 Å². The minimum atomic E-state index is -0.254. The number of aromatic nitrogens is 2. The number of rotatable bonds is 8. The summed E-state index contributed by atoms with van der Waals surface area (Å²) in [7, 11) is 1.75. The van der Waals surface area contributed by atoms with E-state index < -0.39 is 0 Å². The van der Waals surface area contributed by atoms with Gasteiger partial charge in [-0.2, -0.15) is 5.10 Å². The molecule has 3 rings (SSSR count). The number of guanidine groups is 1. The fourth-order valence-corrected chi connectivity index (χ4v) is 2.94. The van der Waals surface area contributed by atoms with Gasteiger partial charge >= 0.3 is 0 Å². The van der Waals surface area contributed by atoms with E-state index in [0.717, 1.165) is 36.8 Å². The molecule has 2 atom stereocenters. The second-order valence-electron chi connectivity index (χ2n) is 6.84. The second kappa shape index (κ2) is 12.1. The Bertz CT molecular complexity index is 762. The molecule has 1 aromatic heterocycles. The first-order chi connectivity index (χ1) is 13.6. The lowest BCUT2D eigenvalue weighted by Crippen LogP contribution is -2.45. The van der Waals surface area contributed by atoms with E-state index in [2.05, 4.69) is 27.6 Å². The Morgan fingerprint density at radius 2 is 2.17 bits per heavy atom. The topological polar surface area (TPSA) is 72.7 Å². The maximum Gasteiger partial charge on any atom is 0.191 e. The molecular weight excluding hydrogens is 488 g/mol.